The van der Waals surface area contributed by atoms with E-state index in [4.69, 9.17) is 0 Å². The Hall–Kier alpha value is -6.25. The van der Waals surface area contributed by atoms with Crippen LogP contribution >= 0.6 is 0 Å². The fourth-order valence-corrected chi connectivity index (χ4v) is 5.30. The van der Waals surface area contributed by atoms with E-state index < -0.39 is 24.1 Å². The van der Waals surface area contributed by atoms with E-state index in [9.17, 15) is 32.3 Å². The second-order valence-corrected chi connectivity index (χ2v) is 12.5. The van der Waals surface area contributed by atoms with Crippen molar-refractivity contribution in [1.82, 2.24) is 29.5 Å². The van der Waals surface area contributed by atoms with Crippen molar-refractivity contribution in [3.8, 4) is 22.3 Å². The molecule has 0 unspecified atom stereocenters. The van der Waals surface area contributed by atoms with Crippen molar-refractivity contribution in [1.29, 1.82) is 0 Å². The maximum Gasteiger partial charge on any atom is 0.258 e. The summed E-state index contributed by atoms with van der Waals surface area (Å²) >= 11 is 0. The lowest BCUT2D eigenvalue weighted by atomic mass is 10.0. The number of carbonyl (C=O) groups is 2. The van der Waals surface area contributed by atoms with Crippen molar-refractivity contribution in [3.05, 3.63) is 105 Å². The van der Waals surface area contributed by atoms with E-state index in [1.807, 2.05) is 13.0 Å². The SMILES string of the molecule is Cc1c(F)cncc1-c1cc2cnc(NC=O)cc2n(C)c1=O.Cc1ccncc1-c1cc2cnc(NC(=O)[C@H]3C[C@H]3F)cc2[nH]c1=O.FC1CC1.[HH].[HH].[HH]. The Morgan fingerprint density at radius 3 is 2.27 bits per heavy atom. The third-order valence-corrected chi connectivity index (χ3v) is 8.62. The molecule has 52 heavy (non-hydrogen) atoms. The van der Waals surface area contributed by atoms with Crippen molar-refractivity contribution < 1.29 is 27.0 Å². The molecule has 6 aromatic rings. The maximum absolute atomic E-state index is 13.7. The largest absolute Gasteiger partial charge is 0.321 e. The molecular formula is C37H39F3N8O4. The molecule has 12 nitrogen and oxygen atoms in total. The first-order valence-corrected chi connectivity index (χ1v) is 16.3. The number of rotatable bonds is 6. The van der Waals surface area contributed by atoms with E-state index in [1.54, 1.807) is 63.0 Å². The zero-order chi connectivity index (χ0) is 37.1. The lowest BCUT2D eigenvalue weighted by Gasteiger charge is -2.11. The number of nitrogens with one attached hydrogen (secondary N) is 3. The number of fused-ring (bicyclic) bond motifs is 2. The number of nitrogens with zero attached hydrogens (tertiary/aromatic N) is 5. The number of anilines is 2. The van der Waals surface area contributed by atoms with Crippen LogP contribution in [0.25, 0.3) is 44.1 Å². The lowest BCUT2D eigenvalue weighted by Crippen LogP contribution is -2.19. The Morgan fingerprint density at radius 2 is 1.60 bits per heavy atom. The summed E-state index contributed by atoms with van der Waals surface area (Å²) in [6.45, 7) is 3.51. The summed E-state index contributed by atoms with van der Waals surface area (Å²) in [5.41, 5.74) is 4.00. The molecule has 2 saturated carbocycles. The predicted octanol–water partition coefficient (Wildman–Crippen LogP) is 6.46. The quantitative estimate of drug-likeness (QED) is 0.165. The highest BCUT2D eigenvalue weighted by atomic mass is 19.1. The number of pyridine rings is 6. The van der Waals surface area contributed by atoms with Crippen LogP contribution in [0.5, 0.6) is 0 Å². The van der Waals surface area contributed by atoms with E-state index in [2.05, 4.69) is 35.6 Å². The summed E-state index contributed by atoms with van der Waals surface area (Å²) in [5, 5.41) is 6.45. The molecule has 15 heteroatoms. The Morgan fingerprint density at radius 1 is 0.923 bits per heavy atom. The molecule has 0 saturated heterocycles. The molecule has 0 aromatic carbocycles. The molecule has 0 aliphatic heterocycles. The van der Waals surface area contributed by atoms with Gasteiger partial charge in [0.2, 0.25) is 12.3 Å². The van der Waals surface area contributed by atoms with Gasteiger partial charge in [-0.2, -0.15) is 0 Å². The molecule has 0 spiro atoms. The van der Waals surface area contributed by atoms with Crippen LogP contribution in [0.3, 0.4) is 0 Å². The number of H-pyrrole nitrogens is 1. The van der Waals surface area contributed by atoms with Crippen LogP contribution in [0.2, 0.25) is 0 Å². The first kappa shape index (κ1) is 35.6. The monoisotopic (exact) mass is 716 g/mol. The van der Waals surface area contributed by atoms with Crippen LogP contribution in [-0.2, 0) is 16.6 Å². The second-order valence-electron chi connectivity index (χ2n) is 12.5. The van der Waals surface area contributed by atoms with Gasteiger partial charge < -0.3 is 20.2 Å². The molecule has 2 aliphatic rings. The fraction of sp³-hybridized carbons (Fsp3) is 0.243. The van der Waals surface area contributed by atoms with Gasteiger partial charge in [0.15, 0.2) is 0 Å². The van der Waals surface area contributed by atoms with Gasteiger partial charge in [0.05, 0.1) is 23.1 Å². The van der Waals surface area contributed by atoms with Crippen molar-refractivity contribution in [2.45, 2.75) is 45.5 Å². The molecule has 2 fully saturated rings. The van der Waals surface area contributed by atoms with Crippen molar-refractivity contribution in [3.63, 3.8) is 0 Å². The van der Waals surface area contributed by atoms with Crippen LogP contribution < -0.4 is 21.8 Å². The third kappa shape index (κ3) is 7.88. The molecule has 2 atom stereocenters. The molecule has 2 aliphatic carbocycles. The number of amides is 2. The summed E-state index contributed by atoms with van der Waals surface area (Å²) in [7, 11) is 1.61. The minimum atomic E-state index is -1.06. The van der Waals surface area contributed by atoms with E-state index in [1.165, 1.54) is 10.8 Å². The zero-order valence-corrected chi connectivity index (χ0v) is 28.3. The van der Waals surface area contributed by atoms with Crippen LogP contribution in [0.4, 0.5) is 24.8 Å². The molecule has 272 valence electrons. The number of hydrogen-bond acceptors (Lipinski definition) is 8. The number of carbonyl (C=O) groups excluding carboxylic acids is 2. The van der Waals surface area contributed by atoms with E-state index in [0.29, 0.717) is 50.9 Å². The number of halogens is 3. The Balaban J connectivity index is 0.000000256. The molecule has 2 amide bonds. The summed E-state index contributed by atoms with van der Waals surface area (Å²) < 4.78 is 39.2. The number of aromatic nitrogens is 6. The Labute approximate surface area is 298 Å². The van der Waals surface area contributed by atoms with Gasteiger partial charge in [0.25, 0.3) is 11.1 Å². The minimum Gasteiger partial charge on any atom is -0.321 e. The van der Waals surface area contributed by atoms with Gasteiger partial charge in [-0.1, -0.05) is 0 Å². The molecule has 3 N–H and O–H groups in total. The van der Waals surface area contributed by atoms with Crippen molar-refractivity contribution in [2.75, 3.05) is 10.6 Å². The highest BCUT2D eigenvalue weighted by Gasteiger charge is 2.43. The summed E-state index contributed by atoms with van der Waals surface area (Å²) in [5.74, 6) is -0.804. The summed E-state index contributed by atoms with van der Waals surface area (Å²) in [6.07, 6.45) is 9.95. The average molecular weight is 717 g/mol. The van der Waals surface area contributed by atoms with E-state index in [-0.39, 0.29) is 33.5 Å². The zero-order valence-electron chi connectivity index (χ0n) is 28.3. The topological polar surface area (TPSA) is 165 Å². The molecular weight excluding hydrogens is 677 g/mol. The van der Waals surface area contributed by atoms with Gasteiger partial charge in [-0.25, -0.2) is 23.1 Å². The molecule has 6 aromatic heterocycles. The smallest absolute Gasteiger partial charge is 0.258 e. The van der Waals surface area contributed by atoms with Crippen LogP contribution in [0, 0.1) is 25.6 Å². The van der Waals surface area contributed by atoms with Gasteiger partial charge in [-0.15, -0.1) is 0 Å². The summed E-state index contributed by atoms with van der Waals surface area (Å²) in [4.78, 5) is 66.3. The molecule has 0 bridgehead atoms. The first-order chi connectivity index (χ1) is 24.9. The van der Waals surface area contributed by atoms with Gasteiger partial charge >= 0.3 is 0 Å². The van der Waals surface area contributed by atoms with Gasteiger partial charge in [-0.05, 0) is 62.4 Å². The molecule has 0 radical (unpaired) electrons. The maximum atomic E-state index is 13.7. The fourth-order valence-electron chi connectivity index (χ4n) is 5.30. The standard InChI is InChI=1S/C18H15FN4O2.C16H13FN4O2.C3H5F.3H2/c1-9-2-3-20-8-13(9)11-4-10-7-21-16(6-15(10)22-17(11)24)23-18(25)12-5-14(12)19;1-9-12(6-18-7-13(9)17)11-3-10-5-19-15(20-8-22)4-14(10)21(2)16(11)23;4-3-1-2-3;;;/h2-4,6-8,12,14H,5H2,1H3,(H,22,24)(H,21,23,25);3-8H,1-2H3,(H,19,20,22);3H,1-2H2;3*1H/t12-,14+;;;;;/m0...../s1. The van der Waals surface area contributed by atoms with Crippen LogP contribution in [0.1, 0.15) is 34.7 Å². The number of aryl methyl sites for hydroxylation is 2. The number of aromatic amines is 1. The number of alkyl halides is 2. The first-order valence-electron chi connectivity index (χ1n) is 16.3. The number of hydrogen-bond donors (Lipinski definition) is 3. The molecule has 6 heterocycles. The third-order valence-electron chi connectivity index (χ3n) is 8.62. The van der Waals surface area contributed by atoms with Gasteiger partial charge in [-0.3, -0.25) is 29.1 Å². The van der Waals surface area contributed by atoms with Gasteiger partial charge in [0.1, 0.15) is 29.8 Å². The minimum absolute atomic E-state index is 0. The van der Waals surface area contributed by atoms with Crippen molar-refractivity contribution in [2.24, 2.45) is 13.0 Å². The van der Waals surface area contributed by atoms with Gasteiger partial charge in [0, 0.05) is 87.5 Å². The predicted molar refractivity (Wildman–Crippen MR) is 197 cm³/mol. The van der Waals surface area contributed by atoms with Crippen LogP contribution in [-0.4, -0.2) is 54.1 Å². The van der Waals surface area contributed by atoms with Crippen LogP contribution in [0.15, 0.2) is 77.1 Å². The van der Waals surface area contributed by atoms with E-state index in [0.717, 1.165) is 35.6 Å². The second kappa shape index (κ2) is 14.9. The Kier molecular flexibility index (Phi) is 10.2. The van der Waals surface area contributed by atoms with E-state index >= 15 is 0 Å². The highest BCUT2D eigenvalue weighted by Crippen LogP contribution is 2.34. The molecule has 8 rings (SSSR count). The summed E-state index contributed by atoms with van der Waals surface area (Å²) in [6, 6.07) is 8.41. The highest BCUT2D eigenvalue weighted by molar-refractivity contribution is 5.95. The average Bonchev–Trinajstić information content (AvgIpc) is 4.07. The van der Waals surface area contributed by atoms with Crippen molar-refractivity contribution >= 4 is 45.8 Å². The normalized spacial score (nSPS) is 15.9. The lowest BCUT2D eigenvalue weighted by molar-refractivity contribution is -0.117. The Bertz CT molecular complexity index is 2460.